The number of amides is 2. The highest BCUT2D eigenvalue weighted by atomic mass is 32.1. The van der Waals surface area contributed by atoms with Crippen molar-refractivity contribution in [3.05, 3.63) is 62.5 Å². The van der Waals surface area contributed by atoms with Crippen molar-refractivity contribution < 1.29 is 23.5 Å². The topological polar surface area (TPSA) is 117 Å². The van der Waals surface area contributed by atoms with Gasteiger partial charge in [-0.05, 0) is 39.3 Å². The van der Waals surface area contributed by atoms with Crippen molar-refractivity contribution in [2.75, 3.05) is 13.1 Å². The molecule has 2 aromatic heterocycles. The SMILES string of the molecule is CCNC(=O)[C@@]1(C)CN(C(C)C)C(=O)c2c(O)c(=O)c(-c3nnc(Cc4ccc(F)cc4F)s3)cn21. The summed E-state index contributed by atoms with van der Waals surface area (Å²) in [4.78, 5) is 40.9. The minimum Gasteiger partial charge on any atom is -0.503 e. The molecule has 36 heavy (non-hydrogen) atoms. The fourth-order valence-electron chi connectivity index (χ4n) is 4.17. The number of nitrogens with one attached hydrogen (secondary N) is 1. The Bertz CT molecular complexity index is 1420. The van der Waals surface area contributed by atoms with Crippen molar-refractivity contribution in [2.45, 2.75) is 45.7 Å². The highest BCUT2D eigenvalue weighted by Gasteiger charge is 2.47. The van der Waals surface area contributed by atoms with Gasteiger partial charge in [-0.3, -0.25) is 14.4 Å². The predicted molar refractivity (Wildman–Crippen MR) is 129 cm³/mol. The maximum Gasteiger partial charge on any atom is 0.274 e. The number of likely N-dealkylation sites (N-methyl/N-ethyl adjacent to an activating group) is 1. The van der Waals surface area contributed by atoms with Crippen LogP contribution in [0, 0.1) is 11.6 Å². The van der Waals surface area contributed by atoms with Gasteiger partial charge in [0, 0.05) is 31.3 Å². The number of nitrogens with zero attached hydrogens (tertiary/aromatic N) is 4. The van der Waals surface area contributed by atoms with Gasteiger partial charge in [0.2, 0.25) is 11.3 Å². The Kier molecular flexibility index (Phi) is 6.65. The van der Waals surface area contributed by atoms with Crippen molar-refractivity contribution in [2.24, 2.45) is 0 Å². The first kappa shape index (κ1) is 25.4. The van der Waals surface area contributed by atoms with E-state index in [0.29, 0.717) is 11.6 Å². The molecule has 1 atom stereocenters. The van der Waals surface area contributed by atoms with Gasteiger partial charge in [-0.15, -0.1) is 10.2 Å². The van der Waals surface area contributed by atoms with Crippen LogP contribution in [0.25, 0.3) is 10.6 Å². The van der Waals surface area contributed by atoms with Crippen LogP contribution in [-0.4, -0.2) is 55.7 Å². The van der Waals surface area contributed by atoms with Crippen LogP contribution in [0.3, 0.4) is 0 Å². The normalized spacial score (nSPS) is 17.4. The molecule has 0 saturated carbocycles. The van der Waals surface area contributed by atoms with Gasteiger partial charge in [-0.1, -0.05) is 17.4 Å². The first-order valence-electron chi connectivity index (χ1n) is 11.3. The van der Waals surface area contributed by atoms with E-state index < -0.39 is 34.3 Å². The van der Waals surface area contributed by atoms with Gasteiger partial charge in [0.15, 0.2) is 16.5 Å². The number of carbonyl (C=O) groups excluding carboxylic acids is 2. The summed E-state index contributed by atoms with van der Waals surface area (Å²) in [6, 6.07) is 2.92. The van der Waals surface area contributed by atoms with Crippen molar-refractivity contribution in [1.82, 2.24) is 25.0 Å². The van der Waals surface area contributed by atoms with E-state index >= 15 is 0 Å². The van der Waals surface area contributed by atoms with Crippen LogP contribution in [-0.2, 0) is 16.8 Å². The number of pyridine rings is 1. The zero-order valence-electron chi connectivity index (χ0n) is 20.1. The van der Waals surface area contributed by atoms with Gasteiger partial charge in [-0.2, -0.15) is 0 Å². The molecule has 3 heterocycles. The molecule has 3 aromatic rings. The van der Waals surface area contributed by atoms with E-state index in [0.717, 1.165) is 23.5 Å². The average Bonchev–Trinajstić information content (AvgIpc) is 3.28. The third-order valence-corrected chi connectivity index (χ3v) is 7.12. The van der Waals surface area contributed by atoms with Crippen LogP contribution in [0.5, 0.6) is 5.75 Å². The summed E-state index contributed by atoms with van der Waals surface area (Å²) in [7, 11) is 0. The second kappa shape index (κ2) is 9.41. The molecule has 2 amide bonds. The van der Waals surface area contributed by atoms with E-state index in [-0.39, 0.29) is 46.7 Å². The summed E-state index contributed by atoms with van der Waals surface area (Å²) in [5.41, 5.74) is -2.30. The van der Waals surface area contributed by atoms with E-state index in [9.17, 15) is 28.3 Å². The first-order chi connectivity index (χ1) is 17.0. The zero-order valence-corrected chi connectivity index (χ0v) is 20.9. The van der Waals surface area contributed by atoms with Crippen molar-refractivity contribution in [3.8, 4) is 16.3 Å². The molecular weight excluding hydrogens is 492 g/mol. The number of fused-ring (bicyclic) bond motifs is 1. The number of benzene rings is 1. The fraction of sp³-hybridized carbons (Fsp3) is 0.375. The number of carbonyl (C=O) groups is 2. The zero-order chi connectivity index (χ0) is 26.4. The van der Waals surface area contributed by atoms with Gasteiger partial charge in [-0.25, -0.2) is 8.78 Å². The largest absolute Gasteiger partial charge is 0.503 e. The first-order valence-corrected chi connectivity index (χ1v) is 12.1. The van der Waals surface area contributed by atoms with E-state index in [1.54, 1.807) is 27.7 Å². The van der Waals surface area contributed by atoms with Gasteiger partial charge < -0.3 is 19.9 Å². The molecule has 0 unspecified atom stereocenters. The van der Waals surface area contributed by atoms with Crippen molar-refractivity contribution in [3.63, 3.8) is 0 Å². The number of hydrogen-bond acceptors (Lipinski definition) is 7. The monoisotopic (exact) mass is 517 g/mol. The van der Waals surface area contributed by atoms with Crippen LogP contribution in [0.1, 0.15) is 48.8 Å². The highest BCUT2D eigenvalue weighted by molar-refractivity contribution is 7.14. The van der Waals surface area contributed by atoms with E-state index in [4.69, 9.17) is 0 Å². The van der Waals surface area contributed by atoms with Crippen LogP contribution in [0.2, 0.25) is 0 Å². The average molecular weight is 518 g/mol. The molecule has 12 heteroatoms. The summed E-state index contributed by atoms with van der Waals surface area (Å²) in [5.74, 6) is -3.18. The number of halogens is 2. The predicted octanol–water partition coefficient (Wildman–Crippen LogP) is 2.66. The van der Waals surface area contributed by atoms with E-state index in [1.165, 1.54) is 21.7 Å². The smallest absolute Gasteiger partial charge is 0.274 e. The van der Waals surface area contributed by atoms with Gasteiger partial charge in [0.05, 0.1) is 12.1 Å². The minimum absolute atomic E-state index is 0.0144. The summed E-state index contributed by atoms with van der Waals surface area (Å²) in [6.07, 6.45) is 1.35. The fourth-order valence-corrected chi connectivity index (χ4v) is 5.04. The molecule has 1 aliphatic rings. The molecule has 4 rings (SSSR count). The molecule has 0 bridgehead atoms. The Balaban J connectivity index is 1.83. The maximum atomic E-state index is 14.1. The molecule has 190 valence electrons. The second-order valence-corrected chi connectivity index (χ2v) is 10.1. The third-order valence-electron chi connectivity index (χ3n) is 6.16. The Morgan fingerprint density at radius 3 is 2.64 bits per heavy atom. The standard InChI is InChI=1S/C24H25F2N5O4S/c1-5-27-23(35)24(4)11-30(12(2)3)22(34)18-20(33)19(32)15(10-31(18)24)21-29-28-17(36-21)8-13-6-7-14(25)9-16(13)26/h6-7,9-10,12,33H,5,8,11H2,1-4H3,(H,27,35)/t24-/m1/s1. The summed E-state index contributed by atoms with van der Waals surface area (Å²) >= 11 is 0.989. The van der Waals surface area contributed by atoms with Crippen LogP contribution < -0.4 is 10.7 Å². The Hall–Kier alpha value is -3.67. The lowest BCUT2D eigenvalue weighted by Gasteiger charge is -2.44. The Morgan fingerprint density at radius 1 is 1.28 bits per heavy atom. The molecular formula is C24H25F2N5O4S. The van der Waals surface area contributed by atoms with Crippen molar-refractivity contribution >= 4 is 23.2 Å². The molecule has 1 aliphatic heterocycles. The molecule has 0 aliphatic carbocycles. The van der Waals surface area contributed by atoms with Crippen LogP contribution >= 0.6 is 11.3 Å². The molecule has 0 saturated heterocycles. The van der Waals surface area contributed by atoms with E-state index in [1.807, 2.05) is 0 Å². The Labute approximate surface area is 209 Å². The summed E-state index contributed by atoms with van der Waals surface area (Å²) in [6.45, 7) is 7.31. The molecule has 0 fully saturated rings. The molecule has 0 spiro atoms. The summed E-state index contributed by atoms with van der Waals surface area (Å²) < 4.78 is 28.6. The summed E-state index contributed by atoms with van der Waals surface area (Å²) in [5, 5.41) is 22.1. The van der Waals surface area contributed by atoms with Gasteiger partial charge in [0.25, 0.3) is 5.91 Å². The second-order valence-electron chi connectivity index (χ2n) is 9.01. The van der Waals surface area contributed by atoms with Crippen LogP contribution in [0.15, 0.2) is 29.2 Å². The molecule has 1 aromatic carbocycles. The minimum atomic E-state index is -1.33. The number of aromatic nitrogens is 3. The molecule has 0 radical (unpaired) electrons. The molecule has 9 nitrogen and oxygen atoms in total. The lowest BCUT2D eigenvalue weighted by molar-refractivity contribution is -0.130. The lowest BCUT2D eigenvalue weighted by atomic mass is 9.93. The third kappa shape index (κ3) is 4.25. The van der Waals surface area contributed by atoms with Gasteiger partial charge in [0.1, 0.15) is 22.2 Å². The van der Waals surface area contributed by atoms with Gasteiger partial charge >= 0.3 is 0 Å². The quantitative estimate of drug-likeness (QED) is 0.519. The van der Waals surface area contributed by atoms with E-state index in [2.05, 4.69) is 15.5 Å². The van der Waals surface area contributed by atoms with Crippen molar-refractivity contribution in [1.29, 1.82) is 0 Å². The number of aromatic hydroxyl groups is 1. The Morgan fingerprint density at radius 2 is 2.00 bits per heavy atom. The number of rotatable bonds is 6. The lowest BCUT2D eigenvalue weighted by Crippen LogP contribution is -2.61. The molecule has 2 N–H and O–H groups in total. The maximum absolute atomic E-state index is 14.1. The number of hydrogen-bond donors (Lipinski definition) is 2. The highest BCUT2D eigenvalue weighted by Crippen LogP contribution is 2.34. The van der Waals surface area contributed by atoms with Crippen LogP contribution in [0.4, 0.5) is 8.78 Å².